The summed E-state index contributed by atoms with van der Waals surface area (Å²) in [5, 5.41) is 0. The first-order valence-corrected chi connectivity index (χ1v) is 11.4. The van der Waals surface area contributed by atoms with Crippen molar-refractivity contribution < 1.29 is 4.57 Å². The van der Waals surface area contributed by atoms with Crippen LogP contribution in [-0.2, 0) is 19.9 Å². The average molecular weight is 403 g/mol. The molecule has 2 aliphatic carbocycles. The minimum absolute atomic E-state index is 0.518. The van der Waals surface area contributed by atoms with Crippen LogP contribution in [0.4, 0.5) is 0 Å². The van der Waals surface area contributed by atoms with E-state index in [1.165, 1.54) is 66.9 Å². The molecule has 0 fully saturated rings. The number of aromatic nitrogens is 1. The van der Waals surface area contributed by atoms with Gasteiger partial charge in [-0.05, 0) is 81.3 Å². The highest BCUT2D eigenvalue weighted by Gasteiger charge is 2.35. The van der Waals surface area contributed by atoms with Gasteiger partial charge in [0.05, 0.1) is 5.56 Å². The molecule has 2 aliphatic rings. The van der Waals surface area contributed by atoms with E-state index in [1.807, 2.05) is 0 Å². The average Bonchev–Trinajstić information content (AvgIpc) is 3.33. The zero-order valence-electron chi connectivity index (χ0n) is 18.8. The molecule has 3 aromatic carbocycles. The van der Waals surface area contributed by atoms with Crippen LogP contribution in [0.2, 0.25) is 0 Å². The fourth-order valence-electron chi connectivity index (χ4n) is 5.74. The number of benzene rings is 3. The summed E-state index contributed by atoms with van der Waals surface area (Å²) >= 11 is 0. The lowest BCUT2D eigenvalue weighted by atomic mass is 9.85. The highest BCUT2D eigenvalue weighted by Crippen LogP contribution is 2.53. The van der Waals surface area contributed by atoms with Crippen LogP contribution in [0.1, 0.15) is 53.1 Å². The Balaban J connectivity index is 1.73. The third kappa shape index (κ3) is 2.59. The molecule has 1 heteroatoms. The maximum Gasteiger partial charge on any atom is 0.213 e. The minimum Gasteiger partial charge on any atom is -0.201 e. The van der Waals surface area contributed by atoms with Crippen molar-refractivity contribution in [1.82, 2.24) is 0 Å². The Morgan fingerprint density at radius 3 is 1.97 bits per heavy atom. The molecule has 0 atom stereocenters. The molecule has 0 radical (unpaired) electrons. The predicted octanol–water partition coefficient (Wildman–Crippen LogP) is 6.75. The summed E-state index contributed by atoms with van der Waals surface area (Å²) in [6, 6.07) is 22.7. The van der Waals surface area contributed by atoms with E-state index in [4.69, 9.17) is 0 Å². The molecule has 0 saturated heterocycles. The third-order valence-corrected chi connectivity index (χ3v) is 7.39. The molecule has 0 amide bonds. The van der Waals surface area contributed by atoms with E-state index < -0.39 is 0 Å². The summed E-state index contributed by atoms with van der Waals surface area (Å²) in [4.78, 5) is 0. The van der Waals surface area contributed by atoms with Crippen molar-refractivity contribution >= 4 is 0 Å². The molecule has 0 spiro atoms. The van der Waals surface area contributed by atoms with Crippen LogP contribution >= 0.6 is 0 Å². The Morgan fingerprint density at radius 2 is 1.32 bits per heavy atom. The van der Waals surface area contributed by atoms with Crippen LogP contribution in [-0.4, -0.2) is 0 Å². The van der Waals surface area contributed by atoms with Gasteiger partial charge in [-0.25, -0.2) is 4.57 Å². The number of rotatable bonds is 2. The number of hydrogen-bond acceptors (Lipinski definition) is 0. The lowest BCUT2D eigenvalue weighted by Gasteiger charge is -2.18. The SMILES string of the molecule is Cc1c2c(c3c(c1-c1cc(C(C)C)cc[n+]1C)Cc1ccccc1-3)-c1ccccc1C2. The van der Waals surface area contributed by atoms with Gasteiger partial charge < -0.3 is 0 Å². The number of fused-ring (bicyclic) bond motifs is 7. The van der Waals surface area contributed by atoms with E-state index in [1.54, 1.807) is 0 Å². The number of pyridine rings is 1. The Hall–Kier alpha value is -3.19. The first-order chi connectivity index (χ1) is 15.0. The Morgan fingerprint density at radius 1 is 0.742 bits per heavy atom. The zero-order valence-corrected chi connectivity index (χ0v) is 18.8. The molecular weight excluding hydrogens is 374 g/mol. The van der Waals surface area contributed by atoms with Gasteiger partial charge in [0.2, 0.25) is 5.69 Å². The maximum atomic E-state index is 2.42. The van der Waals surface area contributed by atoms with Gasteiger partial charge >= 0.3 is 0 Å². The van der Waals surface area contributed by atoms with Crippen LogP contribution in [0, 0.1) is 6.92 Å². The molecular formula is C30H28N+. The van der Waals surface area contributed by atoms with Crippen LogP contribution in [0.15, 0.2) is 66.9 Å². The second-order valence-corrected chi connectivity index (χ2v) is 9.49. The van der Waals surface area contributed by atoms with Crippen molar-refractivity contribution in [3.05, 3.63) is 100 Å². The summed E-state index contributed by atoms with van der Waals surface area (Å²) in [6.07, 6.45) is 4.29. The molecule has 1 heterocycles. The quantitative estimate of drug-likeness (QED) is 0.282. The standard InChI is InChI=1S/C30H28N/c1-18(2)20-13-14-31(4)27(17-20)28-19(3)25-15-21-9-5-7-11-23(21)29(25)30-24-12-8-6-10-22(24)16-26(28)30/h5-14,17-18H,15-16H2,1-4H3/q+1. The van der Waals surface area contributed by atoms with Crippen molar-refractivity contribution in [2.24, 2.45) is 7.05 Å². The lowest BCUT2D eigenvalue weighted by Crippen LogP contribution is -2.31. The molecule has 152 valence electrons. The van der Waals surface area contributed by atoms with E-state index in [0.29, 0.717) is 5.92 Å². The van der Waals surface area contributed by atoms with E-state index in [0.717, 1.165) is 12.8 Å². The monoisotopic (exact) mass is 402 g/mol. The highest BCUT2D eigenvalue weighted by molar-refractivity contribution is 6.00. The van der Waals surface area contributed by atoms with Crippen molar-refractivity contribution in [2.45, 2.75) is 39.5 Å². The number of nitrogens with zero attached hydrogens (tertiary/aromatic N) is 1. The molecule has 31 heavy (non-hydrogen) atoms. The topological polar surface area (TPSA) is 3.88 Å². The van der Waals surface area contributed by atoms with Gasteiger partial charge in [-0.2, -0.15) is 0 Å². The van der Waals surface area contributed by atoms with E-state index in [-0.39, 0.29) is 0 Å². The van der Waals surface area contributed by atoms with Crippen LogP contribution < -0.4 is 4.57 Å². The molecule has 0 bridgehead atoms. The number of hydrogen-bond donors (Lipinski definition) is 0. The van der Waals surface area contributed by atoms with Crippen molar-refractivity contribution in [3.63, 3.8) is 0 Å². The van der Waals surface area contributed by atoms with Gasteiger partial charge in [0, 0.05) is 12.1 Å². The van der Waals surface area contributed by atoms with Crippen molar-refractivity contribution in [1.29, 1.82) is 0 Å². The van der Waals surface area contributed by atoms with Crippen molar-refractivity contribution in [2.75, 3.05) is 0 Å². The molecule has 1 aromatic heterocycles. The fourth-order valence-corrected chi connectivity index (χ4v) is 5.74. The van der Waals surface area contributed by atoms with Gasteiger partial charge in [0.15, 0.2) is 6.20 Å². The van der Waals surface area contributed by atoms with Gasteiger partial charge in [-0.3, -0.25) is 0 Å². The summed E-state index contributed by atoms with van der Waals surface area (Å²) in [5.41, 5.74) is 17.4. The van der Waals surface area contributed by atoms with E-state index in [9.17, 15) is 0 Å². The normalized spacial score (nSPS) is 13.2. The summed E-state index contributed by atoms with van der Waals surface area (Å²) in [5.74, 6) is 0.518. The molecule has 1 nitrogen and oxygen atoms in total. The second-order valence-electron chi connectivity index (χ2n) is 9.49. The smallest absolute Gasteiger partial charge is 0.201 e. The Kier molecular flexibility index (Phi) is 3.99. The van der Waals surface area contributed by atoms with Crippen LogP contribution in [0.5, 0.6) is 0 Å². The van der Waals surface area contributed by atoms with Crippen molar-refractivity contribution in [3.8, 4) is 33.5 Å². The highest BCUT2D eigenvalue weighted by atomic mass is 14.9. The molecule has 0 aliphatic heterocycles. The zero-order chi connectivity index (χ0) is 21.3. The number of aryl methyl sites for hydroxylation is 1. The second kappa shape index (κ2) is 6.65. The van der Waals surface area contributed by atoms with E-state index in [2.05, 4.69) is 99.2 Å². The first-order valence-electron chi connectivity index (χ1n) is 11.4. The molecule has 6 rings (SSSR count). The fraction of sp³-hybridized carbons (Fsp3) is 0.233. The molecule has 0 unspecified atom stereocenters. The minimum atomic E-state index is 0.518. The molecule has 0 saturated carbocycles. The Bertz CT molecular complexity index is 1370. The molecule has 4 aromatic rings. The maximum absolute atomic E-state index is 2.42. The van der Waals surface area contributed by atoms with Crippen LogP contribution in [0.3, 0.4) is 0 Å². The van der Waals surface area contributed by atoms with Gasteiger partial charge in [0.25, 0.3) is 0 Å². The van der Waals surface area contributed by atoms with Gasteiger partial charge in [-0.1, -0.05) is 62.4 Å². The van der Waals surface area contributed by atoms with Crippen LogP contribution in [0.25, 0.3) is 33.5 Å². The van der Waals surface area contributed by atoms with Gasteiger partial charge in [-0.15, -0.1) is 0 Å². The Labute approximate surface area is 185 Å². The summed E-state index contributed by atoms with van der Waals surface area (Å²) < 4.78 is 2.31. The lowest BCUT2D eigenvalue weighted by molar-refractivity contribution is -0.660. The summed E-state index contributed by atoms with van der Waals surface area (Å²) in [7, 11) is 2.19. The largest absolute Gasteiger partial charge is 0.213 e. The summed E-state index contributed by atoms with van der Waals surface area (Å²) in [6.45, 7) is 6.92. The van der Waals surface area contributed by atoms with E-state index >= 15 is 0 Å². The van der Waals surface area contributed by atoms with Gasteiger partial charge in [0.1, 0.15) is 7.05 Å². The molecule has 0 N–H and O–H groups in total. The first kappa shape index (κ1) is 18.6. The predicted molar refractivity (Wildman–Crippen MR) is 128 cm³/mol. The third-order valence-electron chi connectivity index (χ3n) is 7.39.